The van der Waals surface area contributed by atoms with E-state index in [-0.39, 0.29) is 18.3 Å². The van der Waals surface area contributed by atoms with Crippen molar-refractivity contribution in [3.63, 3.8) is 0 Å². The van der Waals surface area contributed by atoms with Crippen LogP contribution in [-0.2, 0) is 0 Å². The topological polar surface area (TPSA) is 63.1 Å². The van der Waals surface area contributed by atoms with Gasteiger partial charge in [-0.3, -0.25) is 4.79 Å². The molecule has 1 aromatic heterocycles. The van der Waals surface area contributed by atoms with Gasteiger partial charge in [0, 0.05) is 19.0 Å². The molecule has 0 spiro atoms. The first-order valence-corrected chi connectivity index (χ1v) is 9.21. The molecule has 1 amide bonds. The van der Waals surface area contributed by atoms with Crippen LogP contribution in [0.15, 0.2) is 30.3 Å². The molecular formula is C19H26ClN5O. The zero-order chi connectivity index (χ0) is 17.2. The van der Waals surface area contributed by atoms with Crippen LogP contribution in [0.5, 0.6) is 0 Å². The van der Waals surface area contributed by atoms with Crippen LogP contribution in [0, 0.1) is 6.92 Å². The van der Waals surface area contributed by atoms with Gasteiger partial charge in [0.15, 0.2) is 5.69 Å². The third-order valence-corrected chi connectivity index (χ3v) is 5.53. The van der Waals surface area contributed by atoms with Gasteiger partial charge in [0.05, 0.1) is 11.7 Å². The van der Waals surface area contributed by atoms with E-state index >= 15 is 0 Å². The lowest BCUT2D eigenvalue weighted by Gasteiger charge is -2.23. The number of halogens is 1. The van der Waals surface area contributed by atoms with Crippen LogP contribution in [0.3, 0.4) is 0 Å². The average Bonchev–Trinajstić information content (AvgIpc) is 3.30. The minimum Gasteiger partial charge on any atom is -0.337 e. The number of nitrogens with one attached hydrogen (secondary N) is 1. The quantitative estimate of drug-likeness (QED) is 0.895. The number of aromatic nitrogens is 3. The summed E-state index contributed by atoms with van der Waals surface area (Å²) in [7, 11) is 0. The van der Waals surface area contributed by atoms with Crippen molar-refractivity contribution in [2.24, 2.45) is 0 Å². The standard InChI is InChI=1S/C19H25N5O.ClH/c1-14-18(21-22-24(14)17-7-10-20-11-8-17)19(25)23-12-9-16(13-23)15-5-3-2-4-6-15;/h2-6,16-17,20H,7-13H2,1H3;1H. The molecule has 2 saturated heterocycles. The van der Waals surface area contributed by atoms with Gasteiger partial charge in [-0.1, -0.05) is 35.5 Å². The van der Waals surface area contributed by atoms with Crippen LogP contribution < -0.4 is 5.32 Å². The van der Waals surface area contributed by atoms with Gasteiger partial charge in [0.2, 0.25) is 0 Å². The summed E-state index contributed by atoms with van der Waals surface area (Å²) in [6, 6.07) is 10.8. The highest BCUT2D eigenvalue weighted by Crippen LogP contribution is 2.28. The van der Waals surface area contributed by atoms with Crippen molar-refractivity contribution in [3.05, 3.63) is 47.3 Å². The predicted octanol–water partition coefficient (Wildman–Crippen LogP) is 2.56. The van der Waals surface area contributed by atoms with E-state index in [1.54, 1.807) is 0 Å². The fourth-order valence-corrected chi connectivity index (χ4v) is 4.03. The number of hydrogen-bond acceptors (Lipinski definition) is 4. The van der Waals surface area contributed by atoms with E-state index in [1.165, 1.54) is 5.56 Å². The van der Waals surface area contributed by atoms with Crippen LogP contribution in [0.4, 0.5) is 0 Å². The van der Waals surface area contributed by atoms with Crippen LogP contribution in [0.25, 0.3) is 0 Å². The molecule has 140 valence electrons. The zero-order valence-electron chi connectivity index (χ0n) is 15.1. The SMILES string of the molecule is Cc1c(C(=O)N2CCC(c3ccccc3)C2)nnn1C1CCNCC1.Cl. The van der Waals surface area contributed by atoms with Crippen LogP contribution in [0.1, 0.15) is 53.0 Å². The number of carbonyl (C=O) groups excluding carboxylic acids is 1. The lowest BCUT2D eigenvalue weighted by Crippen LogP contribution is -2.31. The maximum Gasteiger partial charge on any atom is 0.276 e. The first-order chi connectivity index (χ1) is 12.2. The zero-order valence-corrected chi connectivity index (χ0v) is 15.9. The number of nitrogens with zero attached hydrogens (tertiary/aromatic N) is 4. The Labute approximate surface area is 160 Å². The van der Waals surface area contributed by atoms with Crippen molar-refractivity contribution in [1.82, 2.24) is 25.2 Å². The Balaban J connectivity index is 0.00000196. The van der Waals surface area contributed by atoms with E-state index in [4.69, 9.17) is 0 Å². The summed E-state index contributed by atoms with van der Waals surface area (Å²) in [6.07, 6.45) is 3.09. The minimum atomic E-state index is 0. The molecule has 1 unspecified atom stereocenters. The maximum absolute atomic E-state index is 12.9. The number of amides is 1. The third kappa shape index (κ3) is 3.62. The van der Waals surface area contributed by atoms with Gasteiger partial charge in [0.25, 0.3) is 5.91 Å². The highest BCUT2D eigenvalue weighted by atomic mass is 35.5. The molecule has 1 N–H and O–H groups in total. The second kappa shape index (κ2) is 8.18. The van der Waals surface area contributed by atoms with Gasteiger partial charge >= 0.3 is 0 Å². The van der Waals surface area contributed by atoms with E-state index < -0.39 is 0 Å². The number of hydrogen-bond donors (Lipinski definition) is 1. The summed E-state index contributed by atoms with van der Waals surface area (Å²) >= 11 is 0. The Morgan fingerprint density at radius 3 is 2.62 bits per heavy atom. The minimum absolute atomic E-state index is 0. The van der Waals surface area contributed by atoms with Crippen LogP contribution >= 0.6 is 12.4 Å². The molecule has 0 bridgehead atoms. The predicted molar refractivity (Wildman–Crippen MR) is 103 cm³/mol. The van der Waals surface area contributed by atoms with Crippen molar-refractivity contribution in [1.29, 1.82) is 0 Å². The van der Waals surface area contributed by atoms with E-state index in [1.807, 2.05) is 22.6 Å². The second-order valence-electron chi connectivity index (χ2n) is 7.10. The van der Waals surface area contributed by atoms with Crippen molar-refractivity contribution in [3.8, 4) is 0 Å². The van der Waals surface area contributed by atoms with Gasteiger partial charge < -0.3 is 10.2 Å². The molecular weight excluding hydrogens is 350 g/mol. The molecule has 2 aromatic rings. The Morgan fingerprint density at radius 1 is 1.15 bits per heavy atom. The molecule has 7 heteroatoms. The first-order valence-electron chi connectivity index (χ1n) is 9.21. The van der Waals surface area contributed by atoms with E-state index in [2.05, 4.69) is 39.9 Å². The molecule has 1 aromatic carbocycles. The molecule has 0 radical (unpaired) electrons. The number of carbonyl (C=O) groups is 1. The lowest BCUT2D eigenvalue weighted by molar-refractivity contribution is 0.0784. The summed E-state index contributed by atoms with van der Waals surface area (Å²) in [5, 5.41) is 11.9. The molecule has 4 rings (SSSR count). The van der Waals surface area contributed by atoms with Gasteiger partial charge in [-0.15, -0.1) is 17.5 Å². The van der Waals surface area contributed by atoms with E-state index in [0.717, 1.165) is 51.1 Å². The first kappa shape index (κ1) is 18.9. The smallest absolute Gasteiger partial charge is 0.276 e. The number of rotatable bonds is 3. The molecule has 6 nitrogen and oxygen atoms in total. The molecule has 0 saturated carbocycles. The summed E-state index contributed by atoms with van der Waals surface area (Å²) in [6.45, 7) is 5.52. The van der Waals surface area contributed by atoms with Gasteiger partial charge in [-0.2, -0.15) is 0 Å². The third-order valence-electron chi connectivity index (χ3n) is 5.53. The molecule has 2 fully saturated rings. The number of piperidine rings is 1. The molecule has 0 aliphatic carbocycles. The summed E-state index contributed by atoms with van der Waals surface area (Å²) in [5.74, 6) is 0.445. The summed E-state index contributed by atoms with van der Waals surface area (Å²) in [5.41, 5.74) is 2.74. The molecule has 2 aliphatic rings. The second-order valence-corrected chi connectivity index (χ2v) is 7.10. The Bertz CT molecular complexity index is 742. The Kier molecular flexibility index (Phi) is 5.94. The van der Waals surface area contributed by atoms with Gasteiger partial charge in [-0.05, 0) is 44.8 Å². The lowest BCUT2D eigenvalue weighted by atomic mass is 9.99. The normalized spacial score (nSPS) is 20.8. The van der Waals surface area contributed by atoms with E-state index in [9.17, 15) is 4.79 Å². The highest BCUT2D eigenvalue weighted by Gasteiger charge is 2.31. The average molecular weight is 376 g/mol. The number of likely N-dealkylation sites (tertiary alicyclic amines) is 1. The van der Waals surface area contributed by atoms with Crippen molar-refractivity contribution >= 4 is 18.3 Å². The summed E-state index contributed by atoms with van der Waals surface area (Å²) in [4.78, 5) is 14.9. The fraction of sp³-hybridized carbons (Fsp3) is 0.526. The van der Waals surface area contributed by atoms with E-state index in [0.29, 0.717) is 17.7 Å². The highest BCUT2D eigenvalue weighted by molar-refractivity contribution is 5.93. The maximum atomic E-state index is 12.9. The van der Waals surface area contributed by atoms with Crippen molar-refractivity contribution in [2.75, 3.05) is 26.2 Å². The van der Waals surface area contributed by atoms with Crippen LogP contribution in [-0.4, -0.2) is 52.0 Å². The largest absolute Gasteiger partial charge is 0.337 e. The van der Waals surface area contributed by atoms with Crippen molar-refractivity contribution < 1.29 is 4.79 Å². The van der Waals surface area contributed by atoms with Crippen molar-refractivity contribution in [2.45, 2.75) is 38.1 Å². The number of benzene rings is 1. The Morgan fingerprint density at radius 2 is 1.88 bits per heavy atom. The molecule has 3 heterocycles. The molecule has 2 aliphatic heterocycles. The fourth-order valence-electron chi connectivity index (χ4n) is 4.03. The molecule has 26 heavy (non-hydrogen) atoms. The van der Waals surface area contributed by atoms with Gasteiger partial charge in [-0.25, -0.2) is 4.68 Å². The van der Waals surface area contributed by atoms with Gasteiger partial charge in [0.1, 0.15) is 0 Å². The Hall–Kier alpha value is -1.92. The molecule has 1 atom stereocenters. The van der Waals surface area contributed by atoms with Crippen LogP contribution in [0.2, 0.25) is 0 Å². The summed E-state index contributed by atoms with van der Waals surface area (Å²) < 4.78 is 1.96. The monoisotopic (exact) mass is 375 g/mol.